The van der Waals surface area contributed by atoms with Crippen LogP contribution in [0.25, 0.3) is 0 Å². The lowest BCUT2D eigenvalue weighted by atomic mass is 9.77. The van der Waals surface area contributed by atoms with Crippen LogP contribution < -0.4 is 15.1 Å². The molecule has 2 aliphatic heterocycles. The number of unbranched alkanes of at least 4 members (excludes halogenated alkanes) is 2. The Labute approximate surface area is 289 Å². The zero-order valence-corrected chi connectivity index (χ0v) is 32.6. The van der Waals surface area contributed by atoms with Crippen molar-refractivity contribution in [2.75, 3.05) is 48.8 Å². The van der Waals surface area contributed by atoms with Gasteiger partial charge in [-0.05, 0) is 145 Å². The molecule has 2 saturated carbocycles. The van der Waals surface area contributed by atoms with Crippen LogP contribution in [0, 0.1) is 17.8 Å². The Kier molecular flexibility index (Phi) is 10.8. The molecule has 8 heteroatoms. The van der Waals surface area contributed by atoms with Gasteiger partial charge in [0.1, 0.15) is 0 Å². The number of rotatable bonds is 13. The van der Waals surface area contributed by atoms with E-state index < -0.39 is 0 Å². The van der Waals surface area contributed by atoms with Gasteiger partial charge in [-0.1, -0.05) is 33.1 Å². The minimum Gasteiger partial charge on any atom is -0.354 e. The SMILES string of the molecule is CCCCN(c1nc(NCC2CC3CCC2C3)nc(N(CCCC)C2CC(C)(C)N(C)C(C)(C)C2)n1)C1CC(C)(C)N(C)C(C)(C)C1. The third-order valence-electron chi connectivity index (χ3n) is 13.5. The minimum atomic E-state index is 0.0913. The van der Waals surface area contributed by atoms with Crippen LogP contribution >= 0.6 is 0 Å². The molecule has 3 heterocycles. The molecule has 4 fully saturated rings. The van der Waals surface area contributed by atoms with Gasteiger partial charge in [-0.2, -0.15) is 15.0 Å². The van der Waals surface area contributed by atoms with Crippen LogP contribution in [0.1, 0.15) is 146 Å². The lowest BCUT2D eigenvalue weighted by molar-refractivity contribution is -0.0130. The quantitative estimate of drug-likeness (QED) is 0.229. The molecule has 2 aliphatic carbocycles. The molecule has 1 aromatic heterocycles. The van der Waals surface area contributed by atoms with Gasteiger partial charge in [0.25, 0.3) is 0 Å². The first-order valence-corrected chi connectivity index (χ1v) is 19.5. The first-order chi connectivity index (χ1) is 22.0. The summed E-state index contributed by atoms with van der Waals surface area (Å²) < 4.78 is 0. The normalized spacial score (nSPS) is 28.9. The summed E-state index contributed by atoms with van der Waals surface area (Å²) in [5.41, 5.74) is 0.365. The highest BCUT2D eigenvalue weighted by atomic mass is 15.4. The lowest BCUT2D eigenvalue weighted by Crippen LogP contribution is -2.63. The Bertz CT molecular complexity index is 1090. The molecule has 1 N–H and O–H groups in total. The fourth-order valence-electron chi connectivity index (χ4n) is 10.2. The number of hydrogen-bond acceptors (Lipinski definition) is 8. The number of anilines is 3. The lowest BCUT2D eigenvalue weighted by Gasteiger charge is -2.56. The van der Waals surface area contributed by atoms with E-state index in [1.807, 2.05) is 0 Å². The van der Waals surface area contributed by atoms with Crippen LogP contribution in [0.3, 0.4) is 0 Å². The summed E-state index contributed by atoms with van der Waals surface area (Å²) in [7, 11) is 4.61. The molecule has 3 atom stereocenters. The molecule has 4 aliphatic rings. The highest BCUT2D eigenvalue weighted by molar-refractivity contribution is 5.47. The van der Waals surface area contributed by atoms with Gasteiger partial charge in [0.15, 0.2) is 0 Å². The van der Waals surface area contributed by atoms with Crippen molar-refractivity contribution in [1.82, 2.24) is 24.8 Å². The predicted molar refractivity (Wildman–Crippen MR) is 200 cm³/mol. The van der Waals surface area contributed by atoms with E-state index in [9.17, 15) is 0 Å². The van der Waals surface area contributed by atoms with Crippen molar-refractivity contribution in [3.05, 3.63) is 0 Å². The molecule has 0 aromatic carbocycles. The molecule has 8 nitrogen and oxygen atoms in total. The summed E-state index contributed by atoms with van der Waals surface area (Å²) in [4.78, 5) is 26.5. The van der Waals surface area contributed by atoms with Crippen LogP contribution in [-0.4, -0.2) is 92.7 Å². The van der Waals surface area contributed by atoms with Crippen molar-refractivity contribution in [1.29, 1.82) is 0 Å². The fraction of sp³-hybridized carbons (Fsp3) is 0.923. The maximum atomic E-state index is 5.50. The molecule has 47 heavy (non-hydrogen) atoms. The van der Waals surface area contributed by atoms with Gasteiger partial charge < -0.3 is 15.1 Å². The number of hydrogen-bond donors (Lipinski definition) is 1. The Hall–Kier alpha value is -1.67. The van der Waals surface area contributed by atoms with E-state index in [1.54, 1.807) is 0 Å². The van der Waals surface area contributed by atoms with Crippen LogP contribution in [0.15, 0.2) is 0 Å². The van der Waals surface area contributed by atoms with Gasteiger partial charge in [-0.25, -0.2) is 0 Å². The van der Waals surface area contributed by atoms with Crippen LogP contribution in [0.5, 0.6) is 0 Å². The third-order valence-corrected chi connectivity index (χ3v) is 13.5. The number of fused-ring (bicyclic) bond motifs is 2. The Balaban J connectivity index is 1.55. The zero-order valence-electron chi connectivity index (χ0n) is 32.6. The number of nitrogens with one attached hydrogen (secondary N) is 1. The molecular formula is C39H72N8. The van der Waals surface area contributed by atoms with Gasteiger partial charge in [-0.15, -0.1) is 0 Å². The van der Waals surface area contributed by atoms with Gasteiger partial charge in [0.2, 0.25) is 17.8 Å². The second kappa shape index (κ2) is 13.9. The smallest absolute Gasteiger partial charge is 0.232 e. The third kappa shape index (κ3) is 7.89. The second-order valence-electron chi connectivity index (χ2n) is 18.7. The van der Waals surface area contributed by atoms with Gasteiger partial charge in [0, 0.05) is 53.9 Å². The summed E-state index contributed by atoms with van der Waals surface area (Å²) in [5, 5.41) is 3.83. The monoisotopic (exact) mass is 653 g/mol. The summed E-state index contributed by atoms with van der Waals surface area (Å²) in [6.07, 6.45) is 14.6. The van der Waals surface area contributed by atoms with E-state index in [2.05, 4.69) is 108 Å². The number of likely N-dealkylation sites (tertiary alicyclic amines) is 2. The average molecular weight is 653 g/mol. The molecule has 5 rings (SSSR count). The van der Waals surface area contributed by atoms with E-state index in [0.29, 0.717) is 12.1 Å². The molecule has 0 radical (unpaired) electrons. The number of piperidine rings is 2. The largest absolute Gasteiger partial charge is 0.354 e. The van der Waals surface area contributed by atoms with Crippen molar-refractivity contribution in [3.63, 3.8) is 0 Å². The highest BCUT2D eigenvalue weighted by Crippen LogP contribution is 2.48. The van der Waals surface area contributed by atoms with Crippen molar-refractivity contribution in [2.45, 2.75) is 181 Å². The van der Waals surface area contributed by atoms with Gasteiger partial charge in [0.05, 0.1) is 0 Å². The first-order valence-electron chi connectivity index (χ1n) is 19.5. The Morgan fingerprint density at radius 1 is 0.660 bits per heavy atom. The maximum absolute atomic E-state index is 5.50. The number of nitrogens with zero attached hydrogens (tertiary/aromatic N) is 7. The van der Waals surface area contributed by atoms with Gasteiger partial charge >= 0.3 is 0 Å². The van der Waals surface area contributed by atoms with E-state index in [0.717, 1.165) is 107 Å². The second-order valence-corrected chi connectivity index (χ2v) is 18.7. The molecule has 3 unspecified atom stereocenters. The van der Waals surface area contributed by atoms with E-state index in [1.165, 1.54) is 25.7 Å². The standard InChI is InChI=1S/C39H72N8/c1-13-15-19-46(31-23-36(3,4)44(11)37(5,6)24-31)34-41-33(40-27-30-22-28-17-18-29(30)21-28)42-35(43-34)47(20-16-14-2)32-25-38(7,8)45(12)39(9,10)26-32/h28-32H,13-27H2,1-12H3,(H,40,41,42,43). The molecule has 2 bridgehead atoms. The highest BCUT2D eigenvalue weighted by Gasteiger charge is 2.47. The van der Waals surface area contributed by atoms with E-state index in [-0.39, 0.29) is 22.2 Å². The van der Waals surface area contributed by atoms with Crippen molar-refractivity contribution in [3.8, 4) is 0 Å². The topological polar surface area (TPSA) is 63.7 Å². The Morgan fingerprint density at radius 3 is 1.47 bits per heavy atom. The van der Waals surface area contributed by atoms with E-state index in [4.69, 9.17) is 15.0 Å². The van der Waals surface area contributed by atoms with Crippen LogP contribution in [-0.2, 0) is 0 Å². The van der Waals surface area contributed by atoms with Crippen LogP contribution in [0.4, 0.5) is 17.8 Å². The Morgan fingerprint density at radius 2 is 1.11 bits per heavy atom. The predicted octanol–water partition coefficient (Wildman–Crippen LogP) is 8.24. The van der Waals surface area contributed by atoms with Crippen molar-refractivity contribution < 1.29 is 0 Å². The summed E-state index contributed by atoms with van der Waals surface area (Å²) in [5.74, 6) is 5.12. The summed E-state index contributed by atoms with van der Waals surface area (Å²) in [6, 6.07) is 0.753. The zero-order chi connectivity index (χ0) is 34.4. The fourth-order valence-corrected chi connectivity index (χ4v) is 10.2. The maximum Gasteiger partial charge on any atom is 0.232 e. The van der Waals surface area contributed by atoms with Gasteiger partial charge in [-0.3, -0.25) is 9.80 Å². The molecule has 0 spiro atoms. The molecule has 2 saturated heterocycles. The van der Waals surface area contributed by atoms with Crippen molar-refractivity contribution >= 4 is 17.8 Å². The molecule has 268 valence electrons. The first kappa shape index (κ1) is 36.6. The molecular weight excluding hydrogens is 580 g/mol. The molecule has 0 amide bonds. The van der Waals surface area contributed by atoms with Crippen molar-refractivity contribution in [2.24, 2.45) is 17.8 Å². The van der Waals surface area contributed by atoms with Crippen LogP contribution in [0.2, 0.25) is 0 Å². The summed E-state index contributed by atoms with van der Waals surface area (Å²) >= 11 is 0. The minimum absolute atomic E-state index is 0.0913. The van der Waals surface area contributed by atoms with E-state index >= 15 is 0 Å². The average Bonchev–Trinajstić information content (AvgIpc) is 3.61. The summed E-state index contributed by atoms with van der Waals surface area (Å²) in [6.45, 7) is 26.9. The number of aromatic nitrogens is 3. The molecule has 1 aromatic rings.